The second-order valence-corrected chi connectivity index (χ2v) is 2.45. The van der Waals surface area contributed by atoms with E-state index in [9.17, 15) is 0 Å². The third-order valence-corrected chi connectivity index (χ3v) is 1.49. The summed E-state index contributed by atoms with van der Waals surface area (Å²) in [6.07, 6.45) is 0. The first kappa shape index (κ1) is 13.1. The van der Waals surface area contributed by atoms with E-state index in [0.29, 0.717) is 0 Å². The third kappa shape index (κ3) is 8.46. The van der Waals surface area contributed by atoms with Gasteiger partial charge in [0.25, 0.3) is 0 Å². The zero-order chi connectivity index (χ0) is 8.49. The van der Waals surface area contributed by atoms with Gasteiger partial charge < -0.3 is 18.9 Å². The molecule has 4 nitrogen and oxygen atoms in total. The molecule has 2 rings (SSSR count). The minimum atomic E-state index is 0. The predicted molar refractivity (Wildman–Crippen MR) is 50.5 cm³/mol. The molecule has 13 heavy (non-hydrogen) atoms. The largest absolute Gasteiger partial charge is 0.377 e. The molecule has 0 spiro atoms. The lowest BCUT2D eigenvalue weighted by Crippen LogP contribution is -2.16. The van der Waals surface area contributed by atoms with Crippen LogP contribution < -0.4 is 0 Å². The lowest BCUT2D eigenvalue weighted by Gasteiger charge is -2.09. The second-order valence-electron chi connectivity index (χ2n) is 2.45. The Bertz CT molecular complexity index is 59.1. The fourth-order valence-electron chi connectivity index (χ4n) is 0.880. The zero-order valence-corrected chi connectivity index (χ0v) is 8.51. The maximum absolute atomic E-state index is 4.94. The van der Waals surface area contributed by atoms with E-state index in [1.807, 2.05) is 0 Å². The van der Waals surface area contributed by atoms with Crippen molar-refractivity contribution >= 4 is 12.4 Å². The van der Waals surface area contributed by atoms with Crippen molar-refractivity contribution in [3.8, 4) is 0 Å². The number of hydrogen-bond donors (Lipinski definition) is 0. The van der Waals surface area contributed by atoms with Gasteiger partial charge >= 0.3 is 0 Å². The van der Waals surface area contributed by atoms with Crippen molar-refractivity contribution in [2.24, 2.45) is 0 Å². The molecule has 0 bridgehead atoms. The van der Waals surface area contributed by atoms with Gasteiger partial charge in [-0.2, -0.15) is 0 Å². The van der Waals surface area contributed by atoms with Crippen LogP contribution in [0, 0.1) is 0 Å². The quantitative estimate of drug-likeness (QED) is 0.586. The van der Waals surface area contributed by atoms with Gasteiger partial charge in [0.1, 0.15) is 0 Å². The highest BCUT2D eigenvalue weighted by atomic mass is 35.5. The van der Waals surface area contributed by atoms with E-state index in [1.54, 1.807) is 0 Å². The van der Waals surface area contributed by atoms with Crippen LogP contribution in [0.5, 0.6) is 0 Å². The Morgan fingerprint density at radius 1 is 0.385 bits per heavy atom. The molecule has 5 heteroatoms. The standard InChI is InChI=1S/2C4H8O2.ClH/c2*1-2-6-4-3-5-1;/h2*1-4H2;1H. The second kappa shape index (κ2) is 10.2. The number of ether oxygens (including phenoxy) is 4. The molecule has 0 unspecified atom stereocenters. The van der Waals surface area contributed by atoms with E-state index in [1.165, 1.54) is 0 Å². The van der Waals surface area contributed by atoms with Gasteiger partial charge in [0, 0.05) is 0 Å². The average molecular weight is 213 g/mol. The Kier molecular flexibility index (Phi) is 10.3. The first-order valence-electron chi connectivity index (χ1n) is 4.31. The maximum atomic E-state index is 4.94. The summed E-state index contributed by atoms with van der Waals surface area (Å²) < 4.78 is 19.8. The van der Waals surface area contributed by atoms with Gasteiger partial charge in [-0.25, -0.2) is 0 Å². The number of hydrogen-bond acceptors (Lipinski definition) is 4. The fraction of sp³-hybridized carbons (Fsp3) is 1.00. The monoisotopic (exact) mass is 212 g/mol. The summed E-state index contributed by atoms with van der Waals surface area (Å²) >= 11 is 0. The van der Waals surface area contributed by atoms with Crippen LogP contribution >= 0.6 is 12.4 Å². The fourth-order valence-corrected chi connectivity index (χ4v) is 0.880. The third-order valence-electron chi connectivity index (χ3n) is 1.49. The smallest absolute Gasteiger partial charge is 0.0701 e. The molecule has 0 radical (unpaired) electrons. The van der Waals surface area contributed by atoms with Crippen molar-refractivity contribution in [3.63, 3.8) is 0 Å². The van der Waals surface area contributed by atoms with Crippen molar-refractivity contribution in [1.29, 1.82) is 0 Å². The van der Waals surface area contributed by atoms with Gasteiger partial charge in [0.15, 0.2) is 0 Å². The molecule has 80 valence electrons. The molecule has 2 aliphatic rings. The normalized spacial score (nSPS) is 22.2. The molecule has 2 saturated heterocycles. The SMILES string of the molecule is C1COCCO1.C1COCCO1.Cl. The molecule has 2 aliphatic heterocycles. The van der Waals surface area contributed by atoms with Gasteiger partial charge in [0.05, 0.1) is 52.9 Å². The van der Waals surface area contributed by atoms with E-state index in [4.69, 9.17) is 18.9 Å². The van der Waals surface area contributed by atoms with Gasteiger partial charge in [-0.15, -0.1) is 12.4 Å². The van der Waals surface area contributed by atoms with Crippen LogP contribution in [0.2, 0.25) is 0 Å². The molecule has 0 amide bonds. The van der Waals surface area contributed by atoms with Crippen molar-refractivity contribution < 1.29 is 18.9 Å². The Morgan fingerprint density at radius 3 is 0.615 bits per heavy atom. The Balaban J connectivity index is 0.000000206. The highest BCUT2D eigenvalue weighted by Crippen LogP contribution is 1.85. The van der Waals surface area contributed by atoms with Crippen LogP contribution in [0.15, 0.2) is 0 Å². The van der Waals surface area contributed by atoms with Gasteiger partial charge in [-0.1, -0.05) is 0 Å². The summed E-state index contributed by atoms with van der Waals surface area (Å²) in [5, 5.41) is 0. The van der Waals surface area contributed by atoms with E-state index >= 15 is 0 Å². The summed E-state index contributed by atoms with van der Waals surface area (Å²) in [7, 11) is 0. The molecular weight excluding hydrogens is 196 g/mol. The van der Waals surface area contributed by atoms with Crippen LogP contribution in [-0.2, 0) is 18.9 Å². The van der Waals surface area contributed by atoms with Crippen molar-refractivity contribution in [2.75, 3.05) is 52.9 Å². The van der Waals surface area contributed by atoms with Crippen LogP contribution in [0.4, 0.5) is 0 Å². The summed E-state index contributed by atoms with van der Waals surface area (Å²) in [6.45, 7) is 6.22. The summed E-state index contributed by atoms with van der Waals surface area (Å²) in [5.74, 6) is 0. The van der Waals surface area contributed by atoms with Gasteiger partial charge in [-0.05, 0) is 0 Å². The molecule has 2 heterocycles. The van der Waals surface area contributed by atoms with E-state index in [0.717, 1.165) is 52.9 Å². The molecule has 2 fully saturated rings. The van der Waals surface area contributed by atoms with Crippen molar-refractivity contribution in [1.82, 2.24) is 0 Å². The molecule has 0 aromatic carbocycles. The molecule has 0 aliphatic carbocycles. The molecule has 0 atom stereocenters. The Morgan fingerprint density at radius 2 is 0.538 bits per heavy atom. The molecule has 0 aromatic rings. The Hall–Kier alpha value is 0.130. The van der Waals surface area contributed by atoms with Crippen LogP contribution in [0.3, 0.4) is 0 Å². The molecule has 0 saturated carbocycles. The molecule has 0 aromatic heterocycles. The highest BCUT2D eigenvalue weighted by molar-refractivity contribution is 5.85. The zero-order valence-electron chi connectivity index (χ0n) is 7.70. The van der Waals surface area contributed by atoms with Gasteiger partial charge in [-0.3, -0.25) is 0 Å². The predicted octanol–water partition coefficient (Wildman–Crippen LogP) is 0.488. The summed E-state index contributed by atoms with van der Waals surface area (Å²) in [4.78, 5) is 0. The van der Waals surface area contributed by atoms with E-state index < -0.39 is 0 Å². The van der Waals surface area contributed by atoms with Crippen molar-refractivity contribution in [3.05, 3.63) is 0 Å². The first-order valence-corrected chi connectivity index (χ1v) is 4.31. The van der Waals surface area contributed by atoms with Crippen molar-refractivity contribution in [2.45, 2.75) is 0 Å². The van der Waals surface area contributed by atoms with E-state index in [2.05, 4.69) is 0 Å². The number of rotatable bonds is 0. The first-order chi connectivity index (χ1) is 6.00. The average Bonchev–Trinajstić information content (AvgIpc) is 2.24. The lowest BCUT2D eigenvalue weighted by molar-refractivity contribution is -0.0334. The van der Waals surface area contributed by atoms with Crippen LogP contribution in [-0.4, -0.2) is 52.9 Å². The minimum Gasteiger partial charge on any atom is -0.377 e. The minimum absolute atomic E-state index is 0. The topological polar surface area (TPSA) is 36.9 Å². The van der Waals surface area contributed by atoms with E-state index in [-0.39, 0.29) is 12.4 Å². The Labute approximate surface area is 84.9 Å². The molecule has 0 N–H and O–H groups in total. The lowest BCUT2D eigenvalue weighted by atomic mass is 10.6. The number of halogens is 1. The molecular formula is C8H17ClO4. The van der Waals surface area contributed by atoms with Crippen LogP contribution in [0.1, 0.15) is 0 Å². The van der Waals surface area contributed by atoms with Gasteiger partial charge in [0.2, 0.25) is 0 Å². The summed E-state index contributed by atoms with van der Waals surface area (Å²) in [6, 6.07) is 0. The highest BCUT2D eigenvalue weighted by Gasteiger charge is 1.94. The van der Waals surface area contributed by atoms with Crippen LogP contribution in [0.25, 0.3) is 0 Å². The maximum Gasteiger partial charge on any atom is 0.0701 e. The summed E-state index contributed by atoms with van der Waals surface area (Å²) in [5.41, 5.74) is 0.